The lowest BCUT2D eigenvalue weighted by Crippen LogP contribution is -2.10. The summed E-state index contributed by atoms with van der Waals surface area (Å²) >= 11 is 0. The summed E-state index contributed by atoms with van der Waals surface area (Å²) in [5.74, 6) is 0. The van der Waals surface area contributed by atoms with Gasteiger partial charge in [0.1, 0.15) is 0 Å². The van der Waals surface area contributed by atoms with E-state index in [9.17, 15) is 4.79 Å². The third kappa shape index (κ3) is 2.35. The maximum Gasteiger partial charge on any atom is 0.257 e. The van der Waals surface area contributed by atoms with Gasteiger partial charge in [-0.3, -0.25) is 9.78 Å². The molecule has 0 aliphatic rings. The van der Waals surface area contributed by atoms with Crippen molar-refractivity contribution in [2.24, 2.45) is 0 Å². The minimum Gasteiger partial charge on any atom is -0.321 e. The van der Waals surface area contributed by atoms with Gasteiger partial charge in [-0.15, -0.1) is 0 Å². The Labute approximate surface area is 152 Å². The Hall–Kier alpha value is -2.94. The number of H-pyrrole nitrogens is 1. The van der Waals surface area contributed by atoms with Gasteiger partial charge in [-0.1, -0.05) is 36.8 Å². The predicted octanol–water partition coefficient (Wildman–Crippen LogP) is 5.23. The zero-order valence-electron chi connectivity index (χ0n) is 15.6. The lowest BCUT2D eigenvalue weighted by atomic mass is 9.86. The fourth-order valence-corrected chi connectivity index (χ4v) is 4.08. The van der Waals surface area contributed by atoms with E-state index in [1.807, 2.05) is 6.07 Å². The Morgan fingerprint density at radius 1 is 0.962 bits per heavy atom. The first kappa shape index (κ1) is 16.5. The van der Waals surface area contributed by atoms with Crippen molar-refractivity contribution < 1.29 is 0 Å². The number of aromatic nitrogens is 2. The Balaban J connectivity index is 2.24. The van der Waals surface area contributed by atoms with Crippen LogP contribution in [0.2, 0.25) is 0 Å². The summed E-state index contributed by atoms with van der Waals surface area (Å²) in [6.45, 7) is 8.55. The molecule has 4 rings (SSSR count). The second-order valence-corrected chi connectivity index (χ2v) is 6.95. The van der Waals surface area contributed by atoms with Crippen molar-refractivity contribution in [3.8, 4) is 11.1 Å². The molecule has 0 spiro atoms. The summed E-state index contributed by atoms with van der Waals surface area (Å²) in [4.78, 5) is 19.8. The molecule has 0 radical (unpaired) electrons. The zero-order chi connectivity index (χ0) is 18.4. The van der Waals surface area contributed by atoms with Crippen LogP contribution in [0.25, 0.3) is 32.8 Å². The first-order chi connectivity index (χ1) is 12.5. The van der Waals surface area contributed by atoms with Crippen LogP contribution in [-0.4, -0.2) is 9.97 Å². The van der Waals surface area contributed by atoms with Gasteiger partial charge in [-0.25, -0.2) is 0 Å². The number of hydrogen-bond donors (Lipinski definition) is 1. The van der Waals surface area contributed by atoms with Crippen LogP contribution in [0.4, 0.5) is 0 Å². The molecule has 0 aliphatic heterocycles. The minimum atomic E-state index is -0.0757. The largest absolute Gasteiger partial charge is 0.321 e. The average Bonchev–Trinajstić information content (AvgIpc) is 2.65. The van der Waals surface area contributed by atoms with Crippen LogP contribution < -0.4 is 5.56 Å². The molecule has 4 aromatic rings. The molecule has 0 saturated carbocycles. The minimum absolute atomic E-state index is 0.0757. The number of rotatable bonds is 2. The topological polar surface area (TPSA) is 45.8 Å². The van der Waals surface area contributed by atoms with Crippen molar-refractivity contribution in [1.29, 1.82) is 0 Å². The highest BCUT2D eigenvalue weighted by atomic mass is 16.1. The summed E-state index contributed by atoms with van der Waals surface area (Å²) in [6, 6.07) is 10.6. The van der Waals surface area contributed by atoms with Gasteiger partial charge in [0.15, 0.2) is 0 Å². The van der Waals surface area contributed by atoms with Crippen LogP contribution in [0.15, 0.2) is 47.5 Å². The van der Waals surface area contributed by atoms with E-state index in [-0.39, 0.29) is 5.56 Å². The Kier molecular flexibility index (Phi) is 3.87. The van der Waals surface area contributed by atoms with Crippen molar-refractivity contribution >= 4 is 21.7 Å². The maximum atomic E-state index is 12.6. The second kappa shape index (κ2) is 6.10. The molecule has 0 fully saturated rings. The van der Waals surface area contributed by atoms with E-state index in [0.717, 1.165) is 28.3 Å². The van der Waals surface area contributed by atoms with E-state index in [4.69, 9.17) is 0 Å². The van der Waals surface area contributed by atoms with Crippen LogP contribution in [-0.2, 0) is 6.42 Å². The normalized spacial score (nSPS) is 11.4. The molecule has 0 bridgehead atoms. The summed E-state index contributed by atoms with van der Waals surface area (Å²) in [6.07, 6.45) is 4.33. The first-order valence-corrected chi connectivity index (χ1v) is 9.01. The SMILES string of the molecule is CCc1c(-c2ccc(C)cc2)c(C)c2c([nH]c(=O)c3cnccc32)c1C. The maximum absolute atomic E-state index is 12.6. The van der Waals surface area contributed by atoms with Crippen LogP contribution in [0.5, 0.6) is 0 Å². The Bertz CT molecular complexity index is 1200. The number of aryl methyl sites for hydroxylation is 3. The molecule has 2 heterocycles. The number of pyridine rings is 2. The second-order valence-electron chi connectivity index (χ2n) is 6.95. The molecule has 0 unspecified atom stereocenters. The van der Waals surface area contributed by atoms with Gasteiger partial charge in [0.2, 0.25) is 0 Å². The first-order valence-electron chi connectivity index (χ1n) is 9.01. The molecule has 0 aliphatic carbocycles. The third-order valence-electron chi connectivity index (χ3n) is 5.40. The van der Waals surface area contributed by atoms with Gasteiger partial charge >= 0.3 is 0 Å². The van der Waals surface area contributed by atoms with Gasteiger partial charge in [0, 0.05) is 17.8 Å². The smallest absolute Gasteiger partial charge is 0.257 e. The quantitative estimate of drug-likeness (QED) is 0.507. The van der Waals surface area contributed by atoms with Crippen LogP contribution in [0.3, 0.4) is 0 Å². The van der Waals surface area contributed by atoms with E-state index in [2.05, 4.69) is 61.9 Å². The van der Waals surface area contributed by atoms with Crippen molar-refractivity contribution in [2.75, 3.05) is 0 Å². The average molecular weight is 342 g/mol. The fourth-order valence-electron chi connectivity index (χ4n) is 4.08. The van der Waals surface area contributed by atoms with E-state index in [0.29, 0.717) is 5.39 Å². The predicted molar refractivity (Wildman–Crippen MR) is 109 cm³/mol. The molecule has 0 amide bonds. The van der Waals surface area contributed by atoms with Crippen LogP contribution in [0.1, 0.15) is 29.2 Å². The van der Waals surface area contributed by atoms with E-state index >= 15 is 0 Å². The van der Waals surface area contributed by atoms with Crippen LogP contribution in [0, 0.1) is 20.8 Å². The van der Waals surface area contributed by atoms with E-state index in [1.54, 1.807) is 12.4 Å². The van der Waals surface area contributed by atoms with Gasteiger partial charge in [-0.2, -0.15) is 0 Å². The van der Waals surface area contributed by atoms with E-state index in [1.165, 1.54) is 27.8 Å². The van der Waals surface area contributed by atoms with Crippen LogP contribution >= 0.6 is 0 Å². The molecule has 130 valence electrons. The molecule has 0 atom stereocenters. The molecule has 2 aromatic carbocycles. The zero-order valence-corrected chi connectivity index (χ0v) is 15.6. The highest BCUT2D eigenvalue weighted by molar-refractivity contribution is 6.10. The van der Waals surface area contributed by atoms with Crippen molar-refractivity contribution in [3.63, 3.8) is 0 Å². The fraction of sp³-hybridized carbons (Fsp3) is 0.217. The summed E-state index contributed by atoms with van der Waals surface area (Å²) in [5.41, 5.74) is 8.28. The summed E-state index contributed by atoms with van der Waals surface area (Å²) < 4.78 is 0. The van der Waals surface area contributed by atoms with E-state index < -0.39 is 0 Å². The lowest BCUT2D eigenvalue weighted by molar-refractivity contribution is 1.11. The summed E-state index contributed by atoms with van der Waals surface area (Å²) in [7, 11) is 0. The molecular weight excluding hydrogens is 320 g/mol. The molecule has 0 saturated heterocycles. The van der Waals surface area contributed by atoms with Crippen molar-refractivity contribution in [1.82, 2.24) is 9.97 Å². The van der Waals surface area contributed by atoms with Gasteiger partial charge < -0.3 is 4.98 Å². The summed E-state index contributed by atoms with van der Waals surface area (Å²) in [5, 5.41) is 2.73. The Morgan fingerprint density at radius 3 is 2.38 bits per heavy atom. The number of fused-ring (bicyclic) bond motifs is 3. The number of hydrogen-bond acceptors (Lipinski definition) is 2. The molecule has 3 heteroatoms. The van der Waals surface area contributed by atoms with Gasteiger partial charge in [0.05, 0.1) is 10.9 Å². The van der Waals surface area contributed by atoms with Gasteiger partial charge in [-0.05, 0) is 66.5 Å². The number of nitrogens with one attached hydrogen (secondary N) is 1. The Morgan fingerprint density at radius 2 is 1.69 bits per heavy atom. The molecular formula is C23H22N2O. The highest BCUT2D eigenvalue weighted by Crippen LogP contribution is 2.38. The molecule has 3 nitrogen and oxygen atoms in total. The third-order valence-corrected chi connectivity index (χ3v) is 5.40. The molecule has 26 heavy (non-hydrogen) atoms. The molecule has 1 N–H and O–H groups in total. The van der Waals surface area contributed by atoms with Gasteiger partial charge in [0.25, 0.3) is 5.56 Å². The molecule has 2 aromatic heterocycles. The number of nitrogens with zero attached hydrogens (tertiary/aromatic N) is 1. The highest BCUT2D eigenvalue weighted by Gasteiger charge is 2.18. The number of aromatic amines is 1. The number of benzene rings is 2. The van der Waals surface area contributed by atoms with Crippen molar-refractivity contribution in [2.45, 2.75) is 34.1 Å². The van der Waals surface area contributed by atoms with Crippen molar-refractivity contribution in [3.05, 3.63) is 75.3 Å². The standard InChI is InChI=1S/C23H22N2O/c1-5-17-14(3)22-21(18-10-11-24-12-19(18)23(26)25-22)15(4)20(17)16-8-6-13(2)7-9-16/h6-12H,5H2,1-4H3,(H,25,26). The monoisotopic (exact) mass is 342 g/mol. The lowest BCUT2D eigenvalue weighted by Gasteiger charge is -2.20.